The number of nitro groups is 1. The van der Waals surface area contributed by atoms with Gasteiger partial charge in [0.2, 0.25) is 10.0 Å². The van der Waals surface area contributed by atoms with Crippen molar-refractivity contribution in [3.63, 3.8) is 0 Å². The van der Waals surface area contributed by atoms with Gasteiger partial charge in [-0.2, -0.15) is 0 Å². The van der Waals surface area contributed by atoms with Gasteiger partial charge in [-0.25, -0.2) is 13.6 Å². The molecule has 1 atom stereocenters. The van der Waals surface area contributed by atoms with Crippen LogP contribution in [-0.4, -0.2) is 69.0 Å². The van der Waals surface area contributed by atoms with Crippen molar-refractivity contribution in [3.8, 4) is 0 Å². The lowest BCUT2D eigenvalue weighted by Gasteiger charge is -2.34. The predicted molar refractivity (Wildman–Crippen MR) is 91.5 cm³/mol. The first kappa shape index (κ1) is 18.6. The number of primary sulfonamides is 1. The number of nitrogens with zero attached hydrogens (tertiary/aromatic N) is 3. The minimum atomic E-state index is -3.98. The average molecular weight is 357 g/mol. The van der Waals surface area contributed by atoms with E-state index < -0.39 is 14.9 Å². The van der Waals surface area contributed by atoms with E-state index >= 15 is 0 Å². The van der Waals surface area contributed by atoms with Gasteiger partial charge in [-0.3, -0.25) is 15.0 Å². The van der Waals surface area contributed by atoms with Crippen LogP contribution in [0.5, 0.6) is 0 Å². The molecule has 3 N–H and O–H groups in total. The molecule has 1 saturated heterocycles. The Hall–Kier alpha value is -1.75. The molecule has 0 bridgehead atoms. The zero-order chi connectivity index (χ0) is 17.9. The van der Waals surface area contributed by atoms with E-state index in [2.05, 4.69) is 22.2 Å². The largest absolute Gasteiger partial charge is 0.376 e. The molecule has 1 heterocycles. The highest BCUT2D eigenvalue weighted by Gasteiger charge is 2.21. The van der Waals surface area contributed by atoms with Crippen LogP contribution >= 0.6 is 0 Å². The molecule has 1 aromatic rings. The van der Waals surface area contributed by atoms with Crippen molar-refractivity contribution in [2.75, 3.05) is 45.1 Å². The zero-order valence-corrected chi connectivity index (χ0v) is 14.6. The third-order valence-electron chi connectivity index (χ3n) is 4.02. The minimum Gasteiger partial charge on any atom is -0.376 e. The van der Waals surface area contributed by atoms with Crippen LogP contribution in [0.25, 0.3) is 0 Å². The first-order valence-corrected chi connectivity index (χ1v) is 9.20. The summed E-state index contributed by atoms with van der Waals surface area (Å²) in [4.78, 5) is 14.9. The molecule has 9 nitrogen and oxygen atoms in total. The van der Waals surface area contributed by atoms with Gasteiger partial charge >= 0.3 is 0 Å². The van der Waals surface area contributed by atoms with Crippen LogP contribution in [0.1, 0.15) is 6.92 Å². The van der Waals surface area contributed by atoms with Crippen molar-refractivity contribution in [3.05, 3.63) is 28.3 Å². The van der Waals surface area contributed by atoms with Crippen LogP contribution in [0.4, 0.5) is 11.4 Å². The molecule has 0 radical (unpaired) electrons. The Balaban J connectivity index is 2.09. The number of sulfonamides is 1. The Morgan fingerprint density at radius 1 is 1.33 bits per heavy atom. The fraction of sp³-hybridized carbons (Fsp3) is 0.571. The van der Waals surface area contributed by atoms with Gasteiger partial charge in [0.15, 0.2) is 0 Å². The molecule has 0 spiro atoms. The molecular formula is C14H23N5O4S. The molecule has 1 unspecified atom stereocenters. The number of nitro benzene ring substituents is 1. The molecule has 10 heteroatoms. The molecule has 1 aromatic carbocycles. The molecule has 0 aromatic heterocycles. The average Bonchev–Trinajstić information content (AvgIpc) is 2.48. The summed E-state index contributed by atoms with van der Waals surface area (Å²) in [7, 11) is -1.90. The first-order valence-electron chi connectivity index (χ1n) is 7.65. The number of anilines is 1. The second-order valence-electron chi connectivity index (χ2n) is 6.13. The van der Waals surface area contributed by atoms with Crippen molar-refractivity contribution < 1.29 is 13.3 Å². The molecule has 24 heavy (non-hydrogen) atoms. The van der Waals surface area contributed by atoms with Gasteiger partial charge in [-0.15, -0.1) is 0 Å². The smallest absolute Gasteiger partial charge is 0.293 e. The maximum atomic E-state index is 11.4. The first-order chi connectivity index (χ1) is 11.2. The highest BCUT2D eigenvalue weighted by molar-refractivity contribution is 7.89. The monoisotopic (exact) mass is 357 g/mol. The Bertz CT molecular complexity index is 701. The van der Waals surface area contributed by atoms with Crippen LogP contribution < -0.4 is 10.5 Å². The van der Waals surface area contributed by atoms with E-state index in [4.69, 9.17) is 5.14 Å². The normalized spacial score (nSPS) is 18.3. The summed E-state index contributed by atoms with van der Waals surface area (Å²) >= 11 is 0. The van der Waals surface area contributed by atoms with Crippen molar-refractivity contribution in [2.24, 2.45) is 5.14 Å². The Kier molecular flexibility index (Phi) is 5.75. The maximum Gasteiger partial charge on any atom is 0.293 e. The van der Waals surface area contributed by atoms with Gasteiger partial charge in [0.1, 0.15) is 5.69 Å². The fourth-order valence-electron chi connectivity index (χ4n) is 2.69. The van der Waals surface area contributed by atoms with E-state index in [1.807, 2.05) is 6.92 Å². The van der Waals surface area contributed by atoms with Gasteiger partial charge in [0, 0.05) is 44.8 Å². The topological polar surface area (TPSA) is 122 Å². The summed E-state index contributed by atoms with van der Waals surface area (Å²) in [6.45, 7) is 6.59. The second kappa shape index (κ2) is 7.43. The number of rotatable bonds is 6. The predicted octanol–water partition coefficient (Wildman–Crippen LogP) is 0.290. The number of likely N-dealkylation sites (N-methyl/N-ethyl adjacent to an activating group) is 1. The molecule has 1 fully saturated rings. The van der Waals surface area contributed by atoms with Crippen molar-refractivity contribution in [1.82, 2.24) is 9.80 Å². The SMILES string of the molecule is CC(CN1CCN(C)CC1)Nc1ccc(S(N)(=O)=O)cc1[N+](=O)[O-]. The third-order valence-corrected chi connectivity index (χ3v) is 4.94. The summed E-state index contributed by atoms with van der Waals surface area (Å²) in [5.41, 5.74) is -0.0132. The van der Waals surface area contributed by atoms with Crippen molar-refractivity contribution in [1.29, 1.82) is 0 Å². The second-order valence-corrected chi connectivity index (χ2v) is 7.69. The molecule has 134 valence electrons. The Morgan fingerprint density at radius 3 is 2.50 bits per heavy atom. The van der Waals surface area contributed by atoms with Gasteiger partial charge < -0.3 is 10.2 Å². The van der Waals surface area contributed by atoms with Gasteiger partial charge in [-0.1, -0.05) is 0 Å². The number of nitrogens with one attached hydrogen (secondary N) is 1. The van der Waals surface area contributed by atoms with E-state index in [0.717, 1.165) is 38.8 Å². The number of benzene rings is 1. The fourth-order valence-corrected chi connectivity index (χ4v) is 3.22. The van der Waals surface area contributed by atoms with E-state index in [0.29, 0.717) is 0 Å². The van der Waals surface area contributed by atoms with Crippen LogP contribution in [-0.2, 0) is 10.0 Å². The van der Waals surface area contributed by atoms with Gasteiger partial charge in [0.25, 0.3) is 5.69 Å². The summed E-state index contributed by atoms with van der Waals surface area (Å²) in [5.74, 6) is 0. The molecule has 0 saturated carbocycles. The maximum absolute atomic E-state index is 11.4. The molecule has 1 aliphatic rings. The van der Waals surface area contributed by atoms with E-state index in [1.165, 1.54) is 12.1 Å². The Labute approximate surface area is 141 Å². The van der Waals surface area contributed by atoms with E-state index in [1.54, 1.807) is 0 Å². The molecule has 0 amide bonds. The summed E-state index contributed by atoms with van der Waals surface area (Å²) < 4.78 is 22.7. The molecule has 0 aliphatic carbocycles. The summed E-state index contributed by atoms with van der Waals surface area (Å²) in [6.07, 6.45) is 0. The lowest BCUT2D eigenvalue weighted by molar-refractivity contribution is -0.384. The van der Waals surface area contributed by atoms with Crippen LogP contribution in [0.2, 0.25) is 0 Å². The number of piperazine rings is 1. The quantitative estimate of drug-likeness (QED) is 0.554. The van der Waals surface area contributed by atoms with Gasteiger partial charge in [-0.05, 0) is 26.1 Å². The minimum absolute atomic E-state index is 0.0209. The van der Waals surface area contributed by atoms with E-state index in [9.17, 15) is 18.5 Å². The van der Waals surface area contributed by atoms with Crippen molar-refractivity contribution >= 4 is 21.4 Å². The molecule has 1 aliphatic heterocycles. The third kappa shape index (κ3) is 4.87. The molecular weight excluding hydrogens is 334 g/mol. The summed E-state index contributed by atoms with van der Waals surface area (Å²) in [6, 6.07) is 3.62. The number of hydrogen-bond donors (Lipinski definition) is 2. The standard InChI is InChI=1S/C14H23N5O4S/c1-11(10-18-7-5-17(2)6-8-18)16-13-4-3-12(24(15,22)23)9-14(13)19(20)21/h3-4,9,11,16H,5-8,10H2,1-2H3,(H2,15,22,23). The number of hydrogen-bond acceptors (Lipinski definition) is 7. The van der Waals surface area contributed by atoms with E-state index in [-0.39, 0.29) is 22.3 Å². The number of nitrogens with two attached hydrogens (primary N) is 1. The van der Waals surface area contributed by atoms with Crippen LogP contribution in [0, 0.1) is 10.1 Å². The highest BCUT2D eigenvalue weighted by atomic mass is 32.2. The summed E-state index contributed by atoms with van der Waals surface area (Å²) in [5, 5.41) is 19.3. The lowest BCUT2D eigenvalue weighted by atomic mass is 10.2. The Morgan fingerprint density at radius 2 is 1.96 bits per heavy atom. The lowest BCUT2D eigenvalue weighted by Crippen LogP contribution is -2.47. The van der Waals surface area contributed by atoms with Crippen LogP contribution in [0.3, 0.4) is 0 Å². The van der Waals surface area contributed by atoms with Gasteiger partial charge in [0.05, 0.1) is 9.82 Å². The zero-order valence-electron chi connectivity index (χ0n) is 13.8. The van der Waals surface area contributed by atoms with Crippen molar-refractivity contribution in [2.45, 2.75) is 17.9 Å². The highest BCUT2D eigenvalue weighted by Crippen LogP contribution is 2.27. The van der Waals surface area contributed by atoms with Crippen LogP contribution in [0.15, 0.2) is 23.1 Å². The molecule has 2 rings (SSSR count).